The highest BCUT2D eigenvalue weighted by Gasteiger charge is 2.14. The average molecular weight is 443 g/mol. The van der Waals surface area contributed by atoms with E-state index in [2.05, 4.69) is 91.4 Å². The lowest BCUT2D eigenvalue weighted by Gasteiger charge is -2.19. The fourth-order valence-corrected chi connectivity index (χ4v) is 4.41. The summed E-state index contributed by atoms with van der Waals surface area (Å²) in [5.41, 5.74) is 11.6. The van der Waals surface area contributed by atoms with Gasteiger partial charge in [0.25, 0.3) is 0 Å². The van der Waals surface area contributed by atoms with Gasteiger partial charge in [0.05, 0.1) is 22.8 Å². The van der Waals surface area contributed by atoms with Crippen molar-refractivity contribution in [3.8, 4) is 11.1 Å². The molecule has 0 aliphatic carbocycles. The lowest BCUT2D eigenvalue weighted by atomic mass is 9.86. The van der Waals surface area contributed by atoms with E-state index in [1.807, 2.05) is 30.4 Å². The van der Waals surface area contributed by atoms with Gasteiger partial charge < -0.3 is 9.97 Å². The number of H-pyrrole nitrogens is 2. The van der Waals surface area contributed by atoms with Gasteiger partial charge in [-0.3, -0.25) is 0 Å². The lowest BCUT2D eigenvalue weighted by molar-refractivity contribution is 0.590. The van der Waals surface area contributed by atoms with Crippen molar-refractivity contribution in [2.24, 2.45) is 0 Å². The Morgan fingerprint density at radius 1 is 0.559 bits per heavy atom. The molecule has 0 saturated heterocycles. The number of aromatic nitrogens is 4. The molecule has 0 saturated carbocycles. The van der Waals surface area contributed by atoms with Crippen LogP contribution >= 0.6 is 0 Å². The van der Waals surface area contributed by atoms with Crippen molar-refractivity contribution in [1.82, 2.24) is 19.9 Å². The van der Waals surface area contributed by atoms with Gasteiger partial charge in [-0.2, -0.15) is 0 Å². The first-order valence-electron chi connectivity index (χ1n) is 11.6. The van der Waals surface area contributed by atoms with Crippen molar-refractivity contribution >= 4 is 46.4 Å². The summed E-state index contributed by atoms with van der Waals surface area (Å²) in [5, 5.41) is 0. The molecule has 166 valence electrons. The number of benzene rings is 1. The molecule has 3 aromatic heterocycles. The van der Waals surface area contributed by atoms with Gasteiger partial charge in [-0.1, -0.05) is 45.0 Å². The van der Waals surface area contributed by atoms with Crippen molar-refractivity contribution in [1.29, 1.82) is 0 Å². The predicted octanol–water partition coefficient (Wildman–Crippen LogP) is 7.62. The minimum Gasteiger partial charge on any atom is -0.355 e. The zero-order valence-electron chi connectivity index (χ0n) is 19.6. The SMILES string of the molecule is CC(C)(C)c1ccc(-c2cc3cc4ccc(cc5nc(cc6nc(cc2[nH]3)C=C6)C=C5)[nH]4)cc1. The average Bonchev–Trinajstić information content (AvgIpc) is 3.58. The Morgan fingerprint density at radius 3 is 1.79 bits per heavy atom. The number of rotatable bonds is 1. The standard InChI is InChI=1S/C30H26N4/c1-30(2,3)20-6-4-19(5-7-20)28-17-27-16-25-11-10-23(32-25)14-21-8-9-22(31-21)15-24-12-13-26(33-24)18-29(28)34-27/h4-18,32,34H,1-3H3. The van der Waals surface area contributed by atoms with E-state index >= 15 is 0 Å². The van der Waals surface area contributed by atoms with Crippen molar-refractivity contribution < 1.29 is 0 Å². The molecular weight excluding hydrogens is 416 g/mol. The molecule has 0 fully saturated rings. The quantitative estimate of drug-likeness (QED) is 0.275. The molecule has 0 unspecified atom stereocenters. The van der Waals surface area contributed by atoms with E-state index in [1.165, 1.54) is 11.1 Å². The van der Waals surface area contributed by atoms with Gasteiger partial charge in [0.15, 0.2) is 0 Å². The molecule has 2 N–H and O–H groups in total. The third-order valence-electron chi connectivity index (χ3n) is 6.23. The maximum atomic E-state index is 4.80. The fourth-order valence-electron chi connectivity index (χ4n) is 4.41. The van der Waals surface area contributed by atoms with Crippen LogP contribution in [0.15, 0.2) is 66.7 Å². The highest BCUT2D eigenvalue weighted by Crippen LogP contribution is 2.30. The largest absolute Gasteiger partial charge is 0.355 e. The number of fused-ring (bicyclic) bond motifs is 8. The fraction of sp³-hybridized carbons (Fsp3) is 0.133. The number of hydrogen-bond donors (Lipinski definition) is 2. The Balaban J connectivity index is 1.60. The van der Waals surface area contributed by atoms with Gasteiger partial charge in [-0.05, 0) is 83.3 Å². The second-order valence-corrected chi connectivity index (χ2v) is 9.92. The molecule has 8 bridgehead atoms. The van der Waals surface area contributed by atoms with Crippen molar-refractivity contribution in [3.63, 3.8) is 0 Å². The summed E-state index contributed by atoms with van der Waals surface area (Å²) in [5.74, 6) is 0. The van der Waals surface area contributed by atoms with Crippen molar-refractivity contribution in [3.05, 3.63) is 95.1 Å². The molecule has 0 amide bonds. The van der Waals surface area contributed by atoms with Gasteiger partial charge in [0.2, 0.25) is 0 Å². The van der Waals surface area contributed by atoms with Gasteiger partial charge in [-0.15, -0.1) is 0 Å². The molecule has 1 aromatic carbocycles. The second kappa shape index (κ2) is 7.70. The Bertz CT molecular complexity index is 1620. The van der Waals surface area contributed by atoms with Crippen LogP contribution in [0, 0.1) is 0 Å². The maximum Gasteiger partial charge on any atom is 0.0659 e. The molecule has 0 atom stereocenters. The number of nitrogens with zero attached hydrogens (tertiary/aromatic N) is 2. The highest BCUT2D eigenvalue weighted by atomic mass is 14.8. The summed E-state index contributed by atoms with van der Waals surface area (Å²) in [6.07, 6.45) is 8.13. The molecule has 0 radical (unpaired) electrons. The summed E-state index contributed by atoms with van der Waals surface area (Å²) in [7, 11) is 0. The van der Waals surface area contributed by atoms with E-state index in [-0.39, 0.29) is 5.41 Å². The zero-order valence-corrected chi connectivity index (χ0v) is 19.6. The molecule has 34 heavy (non-hydrogen) atoms. The summed E-state index contributed by atoms with van der Waals surface area (Å²) in [4.78, 5) is 16.6. The highest BCUT2D eigenvalue weighted by molar-refractivity contribution is 5.88. The van der Waals surface area contributed by atoms with Crippen molar-refractivity contribution in [2.75, 3.05) is 0 Å². The second-order valence-electron chi connectivity index (χ2n) is 9.92. The Labute approximate surface area is 198 Å². The molecule has 6 rings (SSSR count). The van der Waals surface area contributed by atoms with Gasteiger partial charge in [0, 0.05) is 27.6 Å². The van der Waals surface area contributed by atoms with E-state index in [0.29, 0.717) is 0 Å². The van der Waals surface area contributed by atoms with Crippen LogP contribution in [0.5, 0.6) is 0 Å². The lowest BCUT2D eigenvalue weighted by Crippen LogP contribution is -2.10. The molecule has 2 aliphatic rings. The topological polar surface area (TPSA) is 57.4 Å². The van der Waals surface area contributed by atoms with Crippen LogP contribution in [0.1, 0.15) is 49.1 Å². The summed E-state index contributed by atoms with van der Waals surface area (Å²) < 4.78 is 0. The minimum absolute atomic E-state index is 0.125. The predicted molar refractivity (Wildman–Crippen MR) is 143 cm³/mol. The summed E-state index contributed by atoms with van der Waals surface area (Å²) in [6.45, 7) is 6.72. The Morgan fingerprint density at radius 2 is 1.15 bits per heavy atom. The number of nitrogens with one attached hydrogen (secondary N) is 2. The van der Waals surface area contributed by atoms with Crippen LogP contribution in [0.2, 0.25) is 0 Å². The number of aromatic amines is 2. The maximum absolute atomic E-state index is 4.80. The molecule has 4 aromatic rings. The molecule has 4 heteroatoms. The third kappa shape index (κ3) is 3.99. The van der Waals surface area contributed by atoms with E-state index in [1.54, 1.807) is 0 Å². The summed E-state index contributed by atoms with van der Waals surface area (Å²) in [6, 6.07) is 23.6. The van der Waals surface area contributed by atoms with Gasteiger partial charge in [-0.25, -0.2) is 9.97 Å². The van der Waals surface area contributed by atoms with Crippen LogP contribution in [0.25, 0.3) is 57.5 Å². The van der Waals surface area contributed by atoms with Crippen LogP contribution < -0.4 is 0 Å². The van der Waals surface area contributed by atoms with Crippen LogP contribution in [0.3, 0.4) is 0 Å². The van der Waals surface area contributed by atoms with E-state index in [0.717, 1.165) is 50.4 Å². The first-order valence-corrected chi connectivity index (χ1v) is 11.6. The molecular formula is C30H26N4. The smallest absolute Gasteiger partial charge is 0.0659 e. The first kappa shape index (κ1) is 20.4. The van der Waals surface area contributed by atoms with E-state index in [4.69, 9.17) is 9.97 Å². The van der Waals surface area contributed by atoms with Gasteiger partial charge in [0.1, 0.15) is 0 Å². The minimum atomic E-state index is 0.125. The molecule has 2 aliphatic heterocycles. The Kier molecular flexibility index (Phi) is 4.63. The van der Waals surface area contributed by atoms with Gasteiger partial charge >= 0.3 is 0 Å². The monoisotopic (exact) mass is 442 g/mol. The van der Waals surface area contributed by atoms with Crippen molar-refractivity contribution in [2.45, 2.75) is 26.2 Å². The van der Waals surface area contributed by atoms with E-state index < -0.39 is 0 Å². The van der Waals surface area contributed by atoms with Crippen LogP contribution in [-0.2, 0) is 5.41 Å². The summed E-state index contributed by atoms with van der Waals surface area (Å²) >= 11 is 0. The Hall–Kier alpha value is -4.18. The molecule has 5 heterocycles. The van der Waals surface area contributed by atoms with Crippen LogP contribution in [-0.4, -0.2) is 19.9 Å². The number of hydrogen-bond acceptors (Lipinski definition) is 2. The zero-order chi connectivity index (χ0) is 23.3. The van der Waals surface area contributed by atoms with E-state index in [9.17, 15) is 0 Å². The van der Waals surface area contributed by atoms with Crippen LogP contribution in [0.4, 0.5) is 0 Å². The molecule has 4 nitrogen and oxygen atoms in total. The molecule has 0 spiro atoms. The third-order valence-corrected chi connectivity index (χ3v) is 6.23. The first-order chi connectivity index (χ1) is 16.4. The normalized spacial score (nSPS) is 12.9.